The van der Waals surface area contributed by atoms with E-state index in [-0.39, 0.29) is 11.4 Å². The fourth-order valence-electron chi connectivity index (χ4n) is 1.59. The number of aromatic nitrogens is 1. The fourth-order valence-corrected chi connectivity index (χ4v) is 1.59. The van der Waals surface area contributed by atoms with E-state index in [1.54, 1.807) is 13.0 Å². The standard InChI is InChI=1S/C13H11FN2O2/c1-8-4-10(14)7-11(5-8)16-12-6-9(13(17)18)2-3-15-12/h2-7H,1H3,(H,15,16)(H,17,18). The minimum absolute atomic E-state index is 0.126. The Hall–Kier alpha value is -2.43. The van der Waals surface area contributed by atoms with Gasteiger partial charge in [-0.15, -0.1) is 0 Å². The molecule has 1 aromatic carbocycles. The molecule has 0 aliphatic heterocycles. The van der Waals surface area contributed by atoms with E-state index in [0.717, 1.165) is 5.56 Å². The number of halogens is 1. The molecule has 2 aromatic rings. The highest BCUT2D eigenvalue weighted by atomic mass is 19.1. The number of hydrogen-bond donors (Lipinski definition) is 2. The van der Waals surface area contributed by atoms with Crippen LogP contribution in [0.1, 0.15) is 15.9 Å². The lowest BCUT2D eigenvalue weighted by Gasteiger charge is -2.07. The molecule has 1 aromatic heterocycles. The van der Waals surface area contributed by atoms with Gasteiger partial charge in [0.15, 0.2) is 0 Å². The number of aryl methyl sites for hydroxylation is 1. The first-order valence-electron chi connectivity index (χ1n) is 5.28. The van der Waals surface area contributed by atoms with Gasteiger partial charge in [-0.1, -0.05) is 0 Å². The van der Waals surface area contributed by atoms with E-state index in [0.29, 0.717) is 11.5 Å². The van der Waals surface area contributed by atoms with Crippen molar-refractivity contribution >= 4 is 17.5 Å². The lowest BCUT2D eigenvalue weighted by Crippen LogP contribution is -2.00. The van der Waals surface area contributed by atoms with Crippen LogP contribution in [0.15, 0.2) is 36.5 Å². The second-order valence-electron chi connectivity index (χ2n) is 3.88. The molecule has 2 rings (SSSR count). The number of carboxylic acids is 1. The average Bonchev–Trinajstić information content (AvgIpc) is 2.27. The summed E-state index contributed by atoms with van der Waals surface area (Å²) in [5, 5.41) is 11.7. The maximum absolute atomic E-state index is 13.2. The zero-order chi connectivity index (χ0) is 13.1. The highest BCUT2D eigenvalue weighted by molar-refractivity contribution is 5.88. The van der Waals surface area contributed by atoms with E-state index >= 15 is 0 Å². The third-order valence-electron chi connectivity index (χ3n) is 2.32. The van der Waals surface area contributed by atoms with E-state index in [1.807, 2.05) is 0 Å². The van der Waals surface area contributed by atoms with Crippen molar-refractivity contribution in [1.29, 1.82) is 0 Å². The summed E-state index contributed by atoms with van der Waals surface area (Å²) in [5.74, 6) is -1.03. The molecule has 18 heavy (non-hydrogen) atoms. The molecule has 0 aliphatic carbocycles. The van der Waals surface area contributed by atoms with Crippen LogP contribution >= 0.6 is 0 Å². The summed E-state index contributed by atoms with van der Waals surface area (Å²) >= 11 is 0. The van der Waals surface area contributed by atoms with E-state index in [9.17, 15) is 9.18 Å². The number of anilines is 2. The van der Waals surface area contributed by atoms with E-state index < -0.39 is 5.97 Å². The monoisotopic (exact) mass is 246 g/mol. The normalized spacial score (nSPS) is 10.1. The number of nitrogens with zero attached hydrogens (tertiary/aromatic N) is 1. The molecular formula is C13H11FN2O2. The van der Waals surface area contributed by atoms with Crippen LogP contribution in [0.2, 0.25) is 0 Å². The third kappa shape index (κ3) is 2.82. The first kappa shape index (κ1) is 12.0. The van der Waals surface area contributed by atoms with Gasteiger partial charge in [0.25, 0.3) is 0 Å². The molecule has 0 fully saturated rings. The number of aromatic carboxylic acids is 1. The molecule has 0 spiro atoms. The molecule has 0 aliphatic rings. The van der Waals surface area contributed by atoms with Gasteiger partial charge in [0.05, 0.1) is 5.56 Å². The Morgan fingerprint density at radius 3 is 2.78 bits per heavy atom. The van der Waals surface area contributed by atoms with Crippen LogP contribution in [0.3, 0.4) is 0 Å². The van der Waals surface area contributed by atoms with Crippen molar-refractivity contribution < 1.29 is 14.3 Å². The maximum atomic E-state index is 13.2. The summed E-state index contributed by atoms with van der Waals surface area (Å²) < 4.78 is 13.2. The molecule has 0 bridgehead atoms. The Morgan fingerprint density at radius 2 is 2.11 bits per heavy atom. The molecular weight excluding hydrogens is 235 g/mol. The Bertz CT molecular complexity index is 579. The SMILES string of the molecule is Cc1cc(F)cc(Nc2cc(C(=O)O)ccn2)c1. The molecule has 92 valence electrons. The number of carbonyl (C=O) groups is 1. The third-order valence-corrected chi connectivity index (χ3v) is 2.32. The van der Waals surface area contributed by atoms with Crippen molar-refractivity contribution in [2.45, 2.75) is 6.92 Å². The van der Waals surface area contributed by atoms with Crippen LogP contribution in [-0.2, 0) is 0 Å². The summed E-state index contributed by atoms with van der Waals surface area (Å²) in [6, 6.07) is 7.26. The van der Waals surface area contributed by atoms with Crippen LogP contribution in [0, 0.1) is 12.7 Å². The van der Waals surface area contributed by atoms with Crippen LogP contribution in [0.4, 0.5) is 15.9 Å². The van der Waals surface area contributed by atoms with Gasteiger partial charge in [0.1, 0.15) is 11.6 Å². The number of pyridine rings is 1. The summed E-state index contributed by atoms with van der Waals surface area (Å²) in [6.45, 7) is 1.77. The number of carboxylic acid groups (broad SMARTS) is 1. The second kappa shape index (κ2) is 4.83. The molecule has 5 heteroatoms. The molecule has 4 nitrogen and oxygen atoms in total. The second-order valence-corrected chi connectivity index (χ2v) is 3.88. The summed E-state index contributed by atoms with van der Waals surface area (Å²) in [4.78, 5) is 14.8. The smallest absolute Gasteiger partial charge is 0.335 e. The minimum atomic E-state index is -1.03. The highest BCUT2D eigenvalue weighted by Gasteiger charge is 2.05. The van der Waals surface area contributed by atoms with Crippen molar-refractivity contribution in [2.75, 3.05) is 5.32 Å². The van der Waals surface area contributed by atoms with E-state index in [2.05, 4.69) is 10.3 Å². The first-order chi connectivity index (χ1) is 8.54. The molecule has 1 heterocycles. The average molecular weight is 246 g/mol. The van der Waals surface area contributed by atoms with Gasteiger partial charge in [-0.2, -0.15) is 0 Å². The van der Waals surface area contributed by atoms with Gasteiger partial charge in [-0.25, -0.2) is 14.2 Å². The number of nitrogens with one attached hydrogen (secondary N) is 1. The molecule has 0 saturated carbocycles. The lowest BCUT2D eigenvalue weighted by atomic mass is 10.2. The summed E-state index contributed by atoms with van der Waals surface area (Å²) in [5.41, 5.74) is 1.43. The van der Waals surface area contributed by atoms with Gasteiger partial charge in [-0.05, 0) is 42.8 Å². The largest absolute Gasteiger partial charge is 0.478 e. The number of benzene rings is 1. The Labute approximate surface area is 103 Å². The van der Waals surface area contributed by atoms with Crippen LogP contribution in [0.5, 0.6) is 0 Å². The van der Waals surface area contributed by atoms with Gasteiger partial charge >= 0.3 is 5.97 Å². The van der Waals surface area contributed by atoms with Gasteiger partial charge in [0.2, 0.25) is 0 Å². The predicted octanol–water partition coefficient (Wildman–Crippen LogP) is 2.97. The molecule has 0 unspecified atom stereocenters. The zero-order valence-electron chi connectivity index (χ0n) is 9.64. The Morgan fingerprint density at radius 1 is 1.33 bits per heavy atom. The molecule has 0 atom stereocenters. The highest BCUT2D eigenvalue weighted by Crippen LogP contribution is 2.18. The van der Waals surface area contributed by atoms with Crippen molar-refractivity contribution in [1.82, 2.24) is 4.98 Å². The number of hydrogen-bond acceptors (Lipinski definition) is 3. The van der Waals surface area contributed by atoms with E-state index in [4.69, 9.17) is 5.11 Å². The van der Waals surface area contributed by atoms with Crippen molar-refractivity contribution in [3.8, 4) is 0 Å². The Balaban J connectivity index is 2.28. The van der Waals surface area contributed by atoms with Gasteiger partial charge in [0, 0.05) is 11.9 Å². The molecule has 0 amide bonds. The van der Waals surface area contributed by atoms with Crippen LogP contribution in [0.25, 0.3) is 0 Å². The molecule has 0 saturated heterocycles. The predicted molar refractivity (Wildman–Crippen MR) is 65.6 cm³/mol. The fraction of sp³-hybridized carbons (Fsp3) is 0.0769. The molecule has 2 N–H and O–H groups in total. The Kier molecular flexibility index (Phi) is 3.23. The zero-order valence-corrected chi connectivity index (χ0v) is 9.64. The number of rotatable bonds is 3. The quantitative estimate of drug-likeness (QED) is 0.874. The van der Waals surface area contributed by atoms with Crippen molar-refractivity contribution in [3.63, 3.8) is 0 Å². The van der Waals surface area contributed by atoms with E-state index in [1.165, 1.54) is 30.5 Å². The maximum Gasteiger partial charge on any atom is 0.335 e. The summed E-state index contributed by atoms with van der Waals surface area (Å²) in [7, 11) is 0. The lowest BCUT2D eigenvalue weighted by molar-refractivity contribution is 0.0697. The first-order valence-corrected chi connectivity index (χ1v) is 5.28. The topological polar surface area (TPSA) is 62.2 Å². The van der Waals surface area contributed by atoms with Crippen molar-refractivity contribution in [2.24, 2.45) is 0 Å². The van der Waals surface area contributed by atoms with Crippen molar-refractivity contribution in [3.05, 3.63) is 53.5 Å². The molecule has 0 radical (unpaired) electrons. The van der Waals surface area contributed by atoms with Crippen LogP contribution < -0.4 is 5.32 Å². The summed E-state index contributed by atoms with van der Waals surface area (Å²) in [6.07, 6.45) is 1.39. The minimum Gasteiger partial charge on any atom is -0.478 e. The van der Waals surface area contributed by atoms with Gasteiger partial charge < -0.3 is 10.4 Å². The van der Waals surface area contributed by atoms with Crippen LogP contribution in [-0.4, -0.2) is 16.1 Å². The van der Waals surface area contributed by atoms with Gasteiger partial charge in [-0.3, -0.25) is 0 Å².